The van der Waals surface area contributed by atoms with E-state index in [9.17, 15) is 13.0 Å². The van der Waals surface area contributed by atoms with E-state index in [0.717, 1.165) is 0 Å². The van der Waals surface area contributed by atoms with Gasteiger partial charge in [-0.1, -0.05) is 0 Å². The van der Waals surface area contributed by atoms with Gasteiger partial charge in [0.15, 0.2) is 6.29 Å². The maximum absolute atomic E-state index is 10.3. The van der Waals surface area contributed by atoms with Crippen LogP contribution in [0.3, 0.4) is 0 Å². The molecule has 0 aromatic carbocycles. The summed E-state index contributed by atoms with van der Waals surface area (Å²) in [5.41, 5.74) is 0. The summed E-state index contributed by atoms with van der Waals surface area (Å²) < 4.78 is 40.9. The molecule has 0 saturated carbocycles. The van der Waals surface area contributed by atoms with Crippen LogP contribution in [0.15, 0.2) is 0 Å². The van der Waals surface area contributed by atoms with Crippen LogP contribution in [0.2, 0.25) is 0 Å². The molecule has 0 atom stereocenters. The molecule has 0 bridgehead atoms. The molecule has 0 aliphatic rings. The molecule has 14 heavy (non-hydrogen) atoms. The van der Waals surface area contributed by atoms with Crippen molar-refractivity contribution in [2.75, 3.05) is 19.0 Å². The van der Waals surface area contributed by atoms with Gasteiger partial charge in [0.2, 0.25) is 0 Å². The van der Waals surface area contributed by atoms with Crippen molar-refractivity contribution in [2.45, 2.75) is 26.6 Å². The quantitative estimate of drug-likeness (QED) is 0.264. The molecule has 0 radical (unpaired) electrons. The van der Waals surface area contributed by atoms with Gasteiger partial charge in [0.05, 0.1) is 10.1 Å². The van der Waals surface area contributed by atoms with E-state index in [2.05, 4.69) is 0 Å². The van der Waals surface area contributed by atoms with Crippen LogP contribution in [-0.4, -0.2) is 38.2 Å². The summed E-state index contributed by atoms with van der Waals surface area (Å²) >= 11 is 0. The molecular weight excluding hydrogens is 203 g/mol. The van der Waals surface area contributed by atoms with Gasteiger partial charge < -0.3 is 14.0 Å². The molecule has 0 unspecified atom stereocenters. The maximum atomic E-state index is 10.3. The molecule has 0 aliphatic carbocycles. The molecule has 0 aliphatic heterocycles. The van der Waals surface area contributed by atoms with Gasteiger partial charge in [-0.25, -0.2) is 8.42 Å². The third-order valence-electron chi connectivity index (χ3n) is 1.31. The first-order valence-corrected chi connectivity index (χ1v) is 5.74. The van der Waals surface area contributed by atoms with Crippen LogP contribution in [0.1, 0.15) is 20.3 Å². The number of hydrogen-bond acceptors (Lipinski definition) is 5. The summed E-state index contributed by atoms with van der Waals surface area (Å²) in [7, 11) is -4.17. The molecule has 0 aromatic rings. The van der Waals surface area contributed by atoms with Crippen LogP contribution in [0.4, 0.5) is 0 Å². The van der Waals surface area contributed by atoms with Crippen LogP contribution in [0.5, 0.6) is 0 Å². The molecule has 80 valence electrons. The van der Waals surface area contributed by atoms with E-state index in [1.807, 2.05) is 0 Å². The van der Waals surface area contributed by atoms with E-state index in [-0.39, 0.29) is 25.3 Å². The normalized spacial score (nSPS) is 11.4. The van der Waals surface area contributed by atoms with Crippen LogP contribution < -0.4 is 18.9 Å². The summed E-state index contributed by atoms with van der Waals surface area (Å²) in [6.07, 6.45) is -0.494. The van der Waals surface area contributed by atoms with Gasteiger partial charge in [0.25, 0.3) is 0 Å². The minimum atomic E-state index is -4.17. The topological polar surface area (TPSA) is 75.7 Å². The molecule has 0 amide bonds. The van der Waals surface area contributed by atoms with Gasteiger partial charge >= 0.3 is 18.9 Å². The molecule has 0 spiro atoms. The summed E-state index contributed by atoms with van der Waals surface area (Å²) in [5, 5.41) is 0. The van der Waals surface area contributed by atoms with E-state index in [0.29, 0.717) is 13.2 Å². The Morgan fingerprint density at radius 2 is 1.64 bits per heavy atom. The van der Waals surface area contributed by atoms with Crippen LogP contribution in [-0.2, 0) is 19.6 Å². The average Bonchev–Trinajstić information content (AvgIpc) is 2.00. The Morgan fingerprint density at radius 3 is 1.93 bits per heavy atom. The van der Waals surface area contributed by atoms with Crippen molar-refractivity contribution in [3.63, 3.8) is 0 Å². The molecule has 7 heteroatoms. The fourth-order valence-corrected chi connectivity index (χ4v) is 1.31. The van der Waals surface area contributed by atoms with E-state index in [1.54, 1.807) is 13.8 Å². The first-order valence-electron chi connectivity index (χ1n) is 4.16. The van der Waals surface area contributed by atoms with Crippen molar-refractivity contribution < 1.29 is 41.3 Å². The van der Waals surface area contributed by atoms with Crippen molar-refractivity contribution in [3.05, 3.63) is 0 Å². The Balaban J connectivity index is 0. The predicted molar refractivity (Wildman–Crippen MR) is 46.2 cm³/mol. The largest absolute Gasteiger partial charge is 1.00 e. The van der Waals surface area contributed by atoms with Gasteiger partial charge in [-0.15, -0.1) is 0 Å². The first-order chi connectivity index (χ1) is 5.99. The van der Waals surface area contributed by atoms with Crippen molar-refractivity contribution >= 4 is 10.1 Å². The number of ether oxygens (including phenoxy) is 2. The van der Waals surface area contributed by atoms with Crippen molar-refractivity contribution in [3.8, 4) is 0 Å². The van der Waals surface area contributed by atoms with E-state index in [4.69, 9.17) is 9.47 Å². The minimum Gasteiger partial charge on any atom is -0.748 e. The summed E-state index contributed by atoms with van der Waals surface area (Å²) in [4.78, 5) is 0. The fourth-order valence-electron chi connectivity index (χ4n) is 0.827. The summed E-state index contributed by atoms with van der Waals surface area (Å²) in [6, 6.07) is 0. The molecule has 0 rings (SSSR count). The van der Waals surface area contributed by atoms with Gasteiger partial charge in [-0.2, -0.15) is 0 Å². The second-order valence-corrected chi connectivity index (χ2v) is 3.91. The Morgan fingerprint density at radius 1 is 1.21 bits per heavy atom. The summed E-state index contributed by atoms with van der Waals surface area (Å²) in [5.74, 6) is -0.447. The zero-order valence-corrected chi connectivity index (χ0v) is 9.67. The smallest absolute Gasteiger partial charge is 0.748 e. The fraction of sp³-hybridized carbons (Fsp3) is 1.00. The van der Waals surface area contributed by atoms with Gasteiger partial charge in [0.1, 0.15) is 0 Å². The van der Waals surface area contributed by atoms with E-state index < -0.39 is 22.2 Å². The van der Waals surface area contributed by atoms with Crippen molar-refractivity contribution in [1.29, 1.82) is 0 Å². The monoisotopic (exact) mass is 218 g/mol. The van der Waals surface area contributed by atoms with Crippen LogP contribution in [0, 0.1) is 0 Å². The standard InChI is InChI=1S/C7H16O5S.Li/c1-3-11-7(12-4-2)5-6-13(8,9)10;/h7H,3-6H2,1-2H3,(H,8,9,10);/q;+1/p-1. The third kappa shape index (κ3) is 10.5. The predicted octanol–water partition coefficient (Wildman–Crippen LogP) is -2.68. The molecule has 0 aromatic heterocycles. The van der Waals surface area contributed by atoms with E-state index in [1.165, 1.54) is 0 Å². The molecule has 0 N–H and O–H groups in total. The number of hydrogen-bond donors (Lipinski definition) is 0. The van der Waals surface area contributed by atoms with Crippen molar-refractivity contribution in [2.24, 2.45) is 0 Å². The zero-order chi connectivity index (χ0) is 10.3. The molecule has 5 nitrogen and oxygen atoms in total. The number of rotatable bonds is 7. The Bertz CT molecular complexity index is 210. The third-order valence-corrected chi connectivity index (χ3v) is 2.04. The Labute approximate surface area is 97.1 Å². The SMILES string of the molecule is CCOC(CCS(=O)(=O)[O-])OCC.[Li+]. The van der Waals surface area contributed by atoms with Crippen LogP contribution >= 0.6 is 0 Å². The molecular formula is C7H15LiO5S. The van der Waals surface area contributed by atoms with E-state index >= 15 is 0 Å². The average molecular weight is 218 g/mol. The van der Waals surface area contributed by atoms with Gasteiger partial charge in [-0.05, 0) is 13.8 Å². The minimum absolute atomic E-state index is 0. The first kappa shape index (κ1) is 16.8. The molecule has 0 heterocycles. The van der Waals surface area contributed by atoms with Crippen molar-refractivity contribution in [1.82, 2.24) is 0 Å². The summed E-state index contributed by atoms with van der Waals surface area (Å²) in [6.45, 7) is 4.42. The Kier molecular flexibility index (Phi) is 10.5. The second kappa shape index (κ2) is 8.71. The molecule has 0 saturated heterocycles. The zero-order valence-electron chi connectivity index (χ0n) is 8.86. The maximum Gasteiger partial charge on any atom is 1.00 e. The van der Waals surface area contributed by atoms with Gasteiger partial charge in [0, 0.05) is 25.4 Å². The van der Waals surface area contributed by atoms with Gasteiger partial charge in [-0.3, -0.25) is 0 Å². The molecule has 0 fully saturated rings. The Hall–Kier alpha value is 0.427. The van der Waals surface area contributed by atoms with Crippen LogP contribution in [0.25, 0.3) is 0 Å². The second-order valence-electron chi connectivity index (χ2n) is 2.39.